The summed E-state index contributed by atoms with van der Waals surface area (Å²) >= 11 is 0. The number of aromatic amines is 1. The molecule has 0 aliphatic heterocycles. The molecule has 3 aromatic rings. The second kappa shape index (κ2) is 5.84. The van der Waals surface area contributed by atoms with Crippen molar-refractivity contribution < 1.29 is 4.79 Å². The number of nitrogens with one attached hydrogen (secondary N) is 2. The summed E-state index contributed by atoms with van der Waals surface area (Å²) in [6, 6.07) is 7.44. The van der Waals surface area contributed by atoms with Crippen LogP contribution in [0.2, 0.25) is 0 Å². The number of fused-ring (bicyclic) bond motifs is 5. The number of hydrogen-bond donors (Lipinski definition) is 2. The van der Waals surface area contributed by atoms with Crippen LogP contribution in [0.15, 0.2) is 29.1 Å². The Bertz CT molecular complexity index is 1030. The van der Waals surface area contributed by atoms with Crippen molar-refractivity contribution in [2.75, 3.05) is 0 Å². The average Bonchev–Trinajstić information content (AvgIpc) is 3.14. The van der Waals surface area contributed by atoms with Crippen molar-refractivity contribution in [2.45, 2.75) is 39.2 Å². The van der Waals surface area contributed by atoms with E-state index in [-0.39, 0.29) is 23.2 Å². The highest BCUT2D eigenvalue weighted by molar-refractivity contribution is 5.80. The first-order valence-electron chi connectivity index (χ1n) is 8.48. The molecule has 7 nitrogen and oxygen atoms in total. The Morgan fingerprint density at radius 2 is 2.12 bits per heavy atom. The van der Waals surface area contributed by atoms with Crippen molar-refractivity contribution >= 4 is 11.6 Å². The minimum absolute atomic E-state index is 0.129. The first-order valence-corrected chi connectivity index (χ1v) is 8.48. The number of aromatic nitrogens is 4. The second-order valence-electron chi connectivity index (χ2n) is 6.31. The van der Waals surface area contributed by atoms with Crippen LogP contribution < -0.4 is 10.9 Å². The van der Waals surface area contributed by atoms with E-state index in [0.29, 0.717) is 0 Å². The number of nitrogens with zero attached hydrogens (tertiary/aromatic N) is 3. The summed E-state index contributed by atoms with van der Waals surface area (Å²) in [4.78, 5) is 27.2. The highest BCUT2D eigenvalue weighted by Gasteiger charge is 2.34. The maximum absolute atomic E-state index is 12.5. The molecule has 1 unspecified atom stereocenters. The van der Waals surface area contributed by atoms with Crippen molar-refractivity contribution in [3.8, 4) is 11.3 Å². The van der Waals surface area contributed by atoms with E-state index in [1.807, 2.05) is 28.7 Å². The van der Waals surface area contributed by atoms with Gasteiger partial charge in [0.25, 0.3) is 5.56 Å². The van der Waals surface area contributed by atoms with Gasteiger partial charge < -0.3 is 10.3 Å². The molecular weight excluding hydrogens is 318 g/mol. The summed E-state index contributed by atoms with van der Waals surface area (Å²) in [7, 11) is 0. The van der Waals surface area contributed by atoms with Gasteiger partial charge in [-0.3, -0.25) is 14.0 Å². The summed E-state index contributed by atoms with van der Waals surface area (Å²) in [5, 5.41) is 11.3. The number of carbonyl (C=O) groups is 1. The number of rotatable bonds is 4. The van der Waals surface area contributed by atoms with E-state index in [1.165, 1.54) is 6.92 Å². The number of unbranched alkanes of at least 4 members (excludes halogenated alkanes) is 1. The van der Waals surface area contributed by atoms with Gasteiger partial charge in [0.15, 0.2) is 0 Å². The zero-order valence-corrected chi connectivity index (χ0v) is 14.2. The molecule has 0 spiro atoms. The zero-order valence-electron chi connectivity index (χ0n) is 14.2. The van der Waals surface area contributed by atoms with Crippen molar-refractivity contribution in [2.24, 2.45) is 0 Å². The summed E-state index contributed by atoms with van der Waals surface area (Å²) < 4.78 is 1.82. The Morgan fingerprint density at radius 3 is 2.88 bits per heavy atom. The van der Waals surface area contributed by atoms with Gasteiger partial charge >= 0.3 is 0 Å². The smallest absolute Gasteiger partial charge is 0.294 e. The second-order valence-corrected chi connectivity index (χ2v) is 6.31. The van der Waals surface area contributed by atoms with E-state index in [4.69, 9.17) is 0 Å². The third-order valence-electron chi connectivity index (χ3n) is 4.58. The van der Waals surface area contributed by atoms with Crippen LogP contribution in [0.4, 0.5) is 0 Å². The van der Waals surface area contributed by atoms with Gasteiger partial charge in [-0.05, 0) is 12.0 Å². The molecule has 25 heavy (non-hydrogen) atoms. The SMILES string of the molecule is CCCCc1nnc2c(=O)[nH]c3c(n12)C(NC(C)=O)c1ccccc1-3. The summed E-state index contributed by atoms with van der Waals surface area (Å²) in [6.07, 6.45) is 2.71. The lowest BCUT2D eigenvalue weighted by atomic mass is 10.1. The molecule has 0 saturated heterocycles. The summed E-state index contributed by atoms with van der Waals surface area (Å²) in [6.45, 7) is 3.60. The molecule has 1 aliphatic carbocycles. The van der Waals surface area contributed by atoms with E-state index in [2.05, 4.69) is 27.4 Å². The lowest BCUT2D eigenvalue weighted by molar-refractivity contribution is -0.119. The Balaban J connectivity index is 2.03. The number of aryl methyl sites for hydroxylation is 1. The molecule has 4 rings (SSSR count). The van der Waals surface area contributed by atoms with E-state index < -0.39 is 0 Å². The monoisotopic (exact) mass is 337 g/mol. The van der Waals surface area contributed by atoms with Crippen LogP contribution in [-0.2, 0) is 11.2 Å². The summed E-state index contributed by atoms with van der Waals surface area (Å²) in [5.74, 6) is 0.623. The van der Waals surface area contributed by atoms with Crippen LogP contribution in [0.1, 0.15) is 49.8 Å². The highest BCUT2D eigenvalue weighted by Crippen LogP contribution is 2.41. The van der Waals surface area contributed by atoms with Crippen molar-refractivity contribution in [3.63, 3.8) is 0 Å². The lowest BCUT2D eigenvalue weighted by Crippen LogP contribution is -2.28. The number of benzene rings is 1. The quantitative estimate of drug-likeness (QED) is 0.761. The number of hydrogen-bond acceptors (Lipinski definition) is 4. The maximum atomic E-state index is 12.5. The van der Waals surface area contributed by atoms with Crippen LogP contribution >= 0.6 is 0 Å². The van der Waals surface area contributed by atoms with Gasteiger partial charge in [-0.1, -0.05) is 37.6 Å². The zero-order chi connectivity index (χ0) is 17.6. The standard InChI is InChI=1S/C18H19N5O2/c1-3-4-9-13-21-22-17-18(25)20-15-12-8-6-5-7-11(12)14(19-10(2)24)16(15)23(13)17/h5-8,14H,3-4,9H2,1-2H3,(H,19,24)(H,20,25). The van der Waals surface area contributed by atoms with Crippen molar-refractivity contribution in [3.05, 3.63) is 51.7 Å². The number of amides is 1. The fourth-order valence-electron chi connectivity index (χ4n) is 3.51. The van der Waals surface area contributed by atoms with Gasteiger partial charge in [0.1, 0.15) is 5.82 Å². The molecule has 7 heteroatoms. The Labute approximate surface area is 144 Å². The minimum atomic E-state index is -0.334. The molecule has 0 saturated carbocycles. The lowest BCUT2D eigenvalue weighted by Gasteiger charge is -2.16. The predicted octanol–water partition coefficient (Wildman–Crippen LogP) is 1.97. The Kier molecular flexibility index (Phi) is 3.63. The average molecular weight is 337 g/mol. The fourth-order valence-corrected chi connectivity index (χ4v) is 3.51. The van der Waals surface area contributed by atoms with Gasteiger partial charge in [-0.25, -0.2) is 0 Å². The molecule has 0 bridgehead atoms. The Morgan fingerprint density at radius 1 is 1.32 bits per heavy atom. The highest BCUT2D eigenvalue weighted by atomic mass is 16.1. The van der Waals surface area contributed by atoms with Crippen LogP contribution in [0, 0.1) is 0 Å². The third-order valence-corrected chi connectivity index (χ3v) is 4.58. The Hall–Kier alpha value is -2.96. The molecule has 128 valence electrons. The van der Waals surface area contributed by atoms with Gasteiger partial charge in [0.2, 0.25) is 11.6 Å². The van der Waals surface area contributed by atoms with E-state index in [1.54, 1.807) is 0 Å². The van der Waals surface area contributed by atoms with Gasteiger partial charge in [-0.2, -0.15) is 0 Å². The molecule has 0 radical (unpaired) electrons. The van der Waals surface area contributed by atoms with Crippen molar-refractivity contribution in [1.82, 2.24) is 24.9 Å². The molecule has 1 atom stereocenters. The van der Waals surface area contributed by atoms with Crippen LogP contribution in [0.3, 0.4) is 0 Å². The normalized spacial score (nSPS) is 15.2. The third kappa shape index (κ3) is 2.34. The van der Waals surface area contributed by atoms with E-state index in [9.17, 15) is 9.59 Å². The molecular formula is C18H19N5O2. The topological polar surface area (TPSA) is 92.2 Å². The minimum Gasteiger partial charge on any atom is -0.344 e. The molecule has 2 heterocycles. The van der Waals surface area contributed by atoms with Gasteiger partial charge in [0, 0.05) is 18.9 Å². The van der Waals surface area contributed by atoms with Crippen LogP contribution in [0.5, 0.6) is 0 Å². The van der Waals surface area contributed by atoms with E-state index in [0.717, 1.165) is 47.6 Å². The molecule has 2 aromatic heterocycles. The van der Waals surface area contributed by atoms with Gasteiger partial charge in [-0.15, -0.1) is 10.2 Å². The first-order chi connectivity index (χ1) is 12.1. The maximum Gasteiger partial charge on any atom is 0.294 e. The molecule has 2 N–H and O–H groups in total. The number of carbonyl (C=O) groups excluding carboxylic acids is 1. The fraction of sp³-hybridized carbons (Fsp3) is 0.333. The largest absolute Gasteiger partial charge is 0.344 e. The predicted molar refractivity (Wildman–Crippen MR) is 93.3 cm³/mol. The van der Waals surface area contributed by atoms with Gasteiger partial charge in [0.05, 0.1) is 17.4 Å². The first kappa shape index (κ1) is 15.6. The molecule has 1 amide bonds. The van der Waals surface area contributed by atoms with Crippen molar-refractivity contribution in [1.29, 1.82) is 0 Å². The molecule has 0 fully saturated rings. The molecule has 1 aliphatic rings. The number of H-pyrrole nitrogens is 1. The van der Waals surface area contributed by atoms with Crippen LogP contribution in [0.25, 0.3) is 16.9 Å². The molecule has 1 aromatic carbocycles. The van der Waals surface area contributed by atoms with Crippen LogP contribution in [-0.4, -0.2) is 25.5 Å². The van der Waals surface area contributed by atoms with E-state index >= 15 is 0 Å². The summed E-state index contributed by atoms with van der Waals surface area (Å²) in [5.41, 5.74) is 3.43.